The van der Waals surface area contributed by atoms with E-state index in [4.69, 9.17) is 14.2 Å². The predicted octanol–water partition coefficient (Wildman–Crippen LogP) is 4.27. The van der Waals surface area contributed by atoms with Crippen LogP contribution in [0.1, 0.15) is 36.8 Å². The highest BCUT2D eigenvalue weighted by molar-refractivity contribution is 5.96. The molecule has 2 atom stereocenters. The minimum Gasteiger partial charge on any atom is -0.493 e. The lowest BCUT2D eigenvalue weighted by Crippen LogP contribution is -2.40. The summed E-state index contributed by atoms with van der Waals surface area (Å²) in [6, 6.07) is 15.0. The van der Waals surface area contributed by atoms with Crippen molar-refractivity contribution in [3.63, 3.8) is 0 Å². The molecule has 1 aliphatic carbocycles. The van der Waals surface area contributed by atoms with E-state index in [9.17, 15) is 9.59 Å². The molecule has 6 heteroatoms. The van der Waals surface area contributed by atoms with E-state index in [1.165, 1.54) is 0 Å². The SMILES string of the molecule is COc1cccc(C2C(C(=O)OCc3ccccc3)=C(C)NC3=CCCC(=O)C32)c1OC. The number of allylic oxidation sites excluding steroid dienone is 3. The molecule has 0 fully saturated rings. The number of carbonyl (C=O) groups is 2. The van der Waals surface area contributed by atoms with Gasteiger partial charge in [0, 0.05) is 29.3 Å². The zero-order chi connectivity index (χ0) is 22.7. The van der Waals surface area contributed by atoms with Crippen molar-refractivity contribution in [1.29, 1.82) is 0 Å². The number of fused-ring (bicyclic) bond motifs is 1. The van der Waals surface area contributed by atoms with Gasteiger partial charge in [0.25, 0.3) is 0 Å². The molecule has 2 aromatic carbocycles. The molecule has 0 saturated carbocycles. The first kappa shape index (κ1) is 21.7. The fourth-order valence-corrected chi connectivity index (χ4v) is 4.58. The predicted molar refractivity (Wildman–Crippen MR) is 120 cm³/mol. The van der Waals surface area contributed by atoms with Crippen LogP contribution in [0.4, 0.5) is 0 Å². The van der Waals surface area contributed by atoms with Gasteiger partial charge in [0.2, 0.25) is 0 Å². The molecule has 1 heterocycles. The van der Waals surface area contributed by atoms with Gasteiger partial charge in [0.15, 0.2) is 11.5 Å². The number of para-hydroxylation sites is 1. The van der Waals surface area contributed by atoms with E-state index < -0.39 is 17.8 Å². The molecular formula is C26H27NO5. The maximum Gasteiger partial charge on any atom is 0.336 e. The molecule has 6 nitrogen and oxygen atoms in total. The number of nitrogens with one attached hydrogen (secondary N) is 1. The average molecular weight is 434 g/mol. The van der Waals surface area contributed by atoms with Crippen LogP contribution in [-0.2, 0) is 20.9 Å². The molecule has 2 aromatic rings. The van der Waals surface area contributed by atoms with Gasteiger partial charge in [0.05, 0.1) is 25.7 Å². The molecule has 2 unspecified atom stereocenters. The smallest absolute Gasteiger partial charge is 0.336 e. The monoisotopic (exact) mass is 433 g/mol. The van der Waals surface area contributed by atoms with Gasteiger partial charge in [-0.25, -0.2) is 4.79 Å². The fourth-order valence-electron chi connectivity index (χ4n) is 4.58. The number of benzene rings is 2. The third-order valence-corrected chi connectivity index (χ3v) is 6.02. The molecular weight excluding hydrogens is 406 g/mol. The number of rotatable bonds is 6. The minimum absolute atomic E-state index is 0.0886. The largest absolute Gasteiger partial charge is 0.493 e. The standard InChI is InChI=1S/C26H27NO5/c1-16-22(26(29)32-15-17-9-5-4-6-10-17)23(24-19(27-16)12-8-13-20(24)28)18-11-7-14-21(30-2)25(18)31-3/h4-7,9-12,14,23-24,27H,8,13,15H2,1-3H3. The summed E-state index contributed by atoms with van der Waals surface area (Å²) in [6.45, 7) is 1.99. The molecule has 4 rings (SSSR count). The van der Waals surface area contributed by atoms with Crippen molar-refractivity contribution >= 4 is 11.8 Å². The number of ether oxygens (including phenoxy) is 3. The number of ketones is 1. The van der Waals surface area contributed by atoms with Crippen molar-refractivity contribution in [2.24, 2.45) is 5.92 Å². The Morgan fingerprint density at radius 2 is 1.81 bits per heavy atom. The lowest BCUT2D eigenvalue weighted by molar-refractivity contribution is -0.141. The van der Waals surface area contributed by atoms with Crippen LogP contribution in [-0.4, -0.2) is 26.0 Å². The summed E-state index contributed by atoms with van der Waals surface area (Å²) >= 11 is 0. The molecule has 32 heavy (non-hydrogen) atoms. The summed E-state index contributed by atoms with van der Waals surface area (Å²) in [4.78, 5) is 26.5. The zero-order valence-electron chi connectivity index (χ0n) is 18.5. The van der Waals surface area contributed by atoms with E-state index >= 15 is 0 Å². The highest BCUT2D eigenvalue weighted by Gasteiger charge is 2.44. The summed E-state index contributed by atoms with van der Waals surface area (Å²) < 4.78 is 16.9. The lowest BCUT2D eigenvalue weighted by atomic mass is 9.70. The van der Waals surface area contributed by atoms with Crippen LogP contribution < -0.4 is 14.8 Å². The van der Waals surface area contributed by atoms with Crippen LogP contribution in [0.5, 0.6) is 11.5 Å². The number of hydrogen-bond donors (Lipinski definition) is 1. The van der Waals surface area contributed by atoms with Crippen molar-refractivity contribution < 1.29 is 23.8 Å². The number of Topliss-reactive ketones (excluding diaryl/α,β-unsaturated/α-hetero) is 1. The van der Waals surface area contributed by atoms with Crippen LogP contribution >= 0.6 is 0 Å². The van der Waals surface area contributed by atoms with Crippen LogP contribution in [0, 0.1) is 5.92 Å². The number of carbonyl (C=O) groups excluding carboxylic acids is 2. The van der Waals surface area contributed by atoms with E-state index in [0.29, 0.717) is 35.6 Å². The Morgan fingerprint density at radius 3 is 2.53 bits per heavy atom. The topological polar surface area (TPSA) is 73.9 Å². The van der Waals surface area contributed by atoms with Crippen molar-refractivity contribution in [1.82, 2.24) is 5.32 Å². The molecule has 0 bridgehead atoms. The average Bonchev–Trinajstić information content (AvgIpc) is 2.81. The van der Waals surface area contributed by atoms with Gasteiger partial charge >= 0.3 is 5.97 Å². The number of esters is 1. The summed E-state index contributed by atoms with van der Waals surface area (Å²) in [5.74, 6) is -0.346. The second-order valence-corrected chi connectivity index (χ2v) is 7.93. The van der Waals surface area contributed by atoms with E-state index in [2.05, 4.69) is 5.32 Å². The van der Waals surface area contributed by atoms with Gasteiger partial charge in [-0.2, -0.15) is 0 Å². The molecule has 0 aromatic heterocycles. The molecule has 0 saturated heterocycles. The molecule has 1 aliphatic heterocycles. The van der Waals surface area contributed by atoms with Crippen LogP contribution in [0.3, 0.4) is 0 Å². The highest BCUT2D eigenvalue weighted by atomic mass is 16.5. The Balaban J connectivity index is 1.79. The normalized spacial score (nSPS) is 20.1. The van der Waals surface area contributed by atoms with E-state index in [1.54, 1.807) is 20.3 Å². The van der Waals surface area contributed by atoms with Gasteiger partial charge in [-0.1, -0.05) is 48.5 Å². The van der Waals surface area contributed by atoms with Crippen LogP contribution in [0.25, 0.3) is 0 Å². The molecule has 0 amide bonds. The molecule has 0 radical (unpaired) electrons. The zero-order valence-corrected chi connectivity index (χ0v) is 18.5. The van der Waals surface area contributed by atoms with Gasteiger partial charge in [-0.05, 0) is 25.0 Å². The van der Waals surface area contributed by atoms with Gasteiger partial charge in [-0.3, -0.25) is 4.79 Å². The van der Waals surface area contributed by atoms with Gasteiger partial charge in [0.1, 0.15) is 12.4 Å². The second-order valence-electron chi connectivity index (χ2n) is 7.93. The Morgan fingerprint density at radius 1 is 1.03 bits per heavy atom. The summed E-state index contributed by atoms with van der Waals surface area (Å²) in [6.07, 6.45) is 3.16. The molecule has 0 spiro atoms. The van der Waals surface area contributed by atoms with Crippen molar-refractivity contribution in [3.8, 4) is 11.5 Å². The Labute approximate surface area is 187 Å². The van der Waals surface area contributed by atoms with E-state index in [1.807, 2.05) is 55.5 Å². The van der Waals surface area contributed by atoms with Gasteiger partial charge in [-0.15, -0.1) is 0 Å². The maximum atomic E-state index is 13.4. The number of methoxy groups -OCH3 is 2. The molecule has 2 aliphatic rings. The first-order valence-corrected chi connectivity index (χ1v) is 10.7. The van der Waals surface area contributed by atoms with Crippen LogP contribution in [0.2, 0.25) is 0 Å². The molecule has 1 N–H and O–H groups in total. The fraction of sp³-hybridized carbons (Fsp3) is 0.308. The Hall–Kier alpha value is -3.54. The van der Waals surface area contributed by atoms with Crippen molar-refractivity contribution in [3.05, 3.63) is 82.7 Å². The Kier molecular flexibility index (Phi) is 6.30. The van der Waals surface area contributed by atoms with Crippen molar-refractivity contribution in [2.45, 2.75) is 32.3 Å². The quantitative estimate of drug-likeness (QED) is 0.686. The summed E-state index contributed by atoms with van der Waals surface area (Å²) in [7, 11) is 3.13. The molecule has 166 valence electrons. The highest BCUT2D eigenvalue weighted by Crippen LogP contribution is 2.48. The third kappa shape index (κ3) is 4.00. The summed E-state index contributed by atoms with van der Waals surface area (Å²) in [5, 5.41) is 3.29. The summed E-state index contributed by atoms with van der Waals surface area (Å²) in [5.41, 5.74) is 3.56. The maximum absolute atomic E-state index is 13.4. The number of hydrogen-bond acceptors (Lipinski definition) is 6. The first-order valence-electron chi connectivity index (χ1n) is 10.7. The lowest BCUT2D eigenvalue weighted by Gasteiger charge is -2.38. The van der Waals surface area contributed by atoms with E-state index in [-0.39, 0.29) is 12.4 Å². The third-order valence-electron chi connectivity index (χ3n) is 6.02. The first-order chi connectivity index (χ1) is 15.5. The Bertz CT molecular complexity index is 1090. The van der Waals surface area contributed by atoms with E-state index in [0.717, 1.165) is 16.8 Å². The van der Waals surface area contributed by atoms with Gasteiger partial charge < -0.3 is 19.5 Å². The second kappa shape index (κ2) is 9.30. The minimum atomic E-state index is -0.538. The van der Waals surface area contributed by atoms with Crippen molar-refractivity contribution in [2.75, 3.05) is 14.2 Å². The van der Waals surface area contributed by atoms with Crippen LogP contribution in [0.15, 0.2) is 71.6 Å².